The molecule has 116 valence electrons. The van der Waals surface area contributed by atoms with Crippen molar-refractivity contribution in [3.8, 4) is 5.75 Å². The topological polar surface area (TPSA) is 67.6 Å². The van der Waals surface area contributed by atoms with E-state index >= 15 is 0 Å². The Morgan fingerprint density at radius 2 is 1.95 bits per heavy atom. The zero-order chi connectivity index (χ0) is 15.5. The third-order valence-electron chi connectivity index (χ3n) is 2.96. The third kappa shape index (κ3) is 4.82. The van der Waals surface area contributed by atoms with Gasteiger partial charge in [-0.1, -0.05) is 0 Å². The van der Waals surface area contributed by atoms with E-state index in [0.717, 1.165) is 25.0 Å². The van der Waals surface area contributed by atoms with E-state index in [9.17, 15) is 18.0 Å². The molecule has 1 aliphatic rings. The number of carbonyl (C=O) groups excluding carboxylic acids is 1. The number of carbonyl (C=O) groups is 1. The molecule has 0 unspecified atom stereocenters. The summed E-state index contributed by atoms with van der Waals surface area (Å²) in [6.07, 6.45) is -2.83. The number of rotatable bonds is 5. The maximum atomic E-state index is 12.0. The Bertz CT molecular complexity index is 486. The molecule has 8 heteroatoms. The second-order valence-electron chi connectivity index (χ2n) is 4.72. The van der Waals surface area contributed by atoms with Gasteiger partial charge >= 0.3 is 12.4 Å². The molecule has 2 amide bonds. The number of nitrogens with two attached hydrogens (primary N) is 1. The van der Waals surface area contributed by atoms with E-state index in [1.807, 2.05) is 0 Å². The lowest BCUT2D eigenvalue weighted by Gasteiger charge is -2.22. The Morgan fingerprint density at radius 1 is 1.33 bits per heavy atom. The molecule has 2 rings (SSSR count). The number of benzene rings is 1. The highest BCUT2D eigenvalue weighted by Crippen LogP contribution is 2.28. The van der Waals surface area contributed by atoms with E-state index in [2.05, 4.69) is 10.1 Å². The fraction of sp³-hybridized carbons (Fsp3) is 0.462. The first-order valence-electron chi connectivity index (χ1n) is 6.52. The number of hydrogen-bond acceptors (Lipinski definition) is 3. The van der Waals surface area contributed by atoms with Gasteiger partial charge in [-0.15, -0.1) is 13.2 Å². The smallest absolute Gasteiger partial charge is 0.406 e. The minimum atomic E-state index is -4.73. The molecule has 0 aliphatic heterocycles. The van der Waals surface area contributed by atoms with Crippen LogP contribution in [0.2, 0.25) is 0 Å². The Balaban J connectivity index is 1.94. The van der Waals surface area contributed by atoms with Crippen LogP contribution in [0.4, 0.5) is 23.7 Å². The SMILES string of the molecule is NCCN(C(=O)Nc1ccc(OC(F)(F)F)cc1)C1CC1. The fourth-order valence-corrected chi connectivity index (χ4v) is 1.91. The molecule has 0 heterocycles. The summed E-state index contributed by atoms with van der Waals surface area (Å²) < 4.78 is 39.8. The lowest BCUT2D eigenvalue weighted by Crippen LogP contribution is -2.40. The summed E-state index contributed by atoms with van der Waals surface area (Å²) in [5, 5.41) is 2.63. The molecule has 1 aliphatic carbocycles. The first-order chi connectivity index (χ1) is 9.89. The number of ether oxygens (including phenoxy) is 1. The highest BCUT2D eigenvalue weighted by molar-refractivity contribution is 5.89. The minimum absolute atomic E-state index is 0.210. The maximum absolute atomic E-state index is 12.0. The van der Waals surface area contributed by atoms with Crippen molar-refractivity contribution >= 4 is 11.7 Å². The molecular weight excluding hydrogens is 287 g/mol. The zero-order valence-electron chi connectivity index (χ0n) is 11.2. The standard InChI is InChI=1S/C13H16F3N3O2/c14-13(15,16)21-11-5-1-9(2-6-11)18-12(20)19(8-7-17)10-3-4-10/h1-2,5-6,10H,3-4,7-8,17H2,(H,18,20). The summed E-state index contributed by atoms with van der Waals surface area (Å²) in [7, 11) is 0. The van der Waals surface area contributed by atoms with Crippen LogP contribution in [0.1, 0.15) is 12.8 Å². The van der Waals surface area contributed by atoms with Gasteiger partial charge in [-0.3, -0.25) is 0 Å². The number of urea groups is 1. The molecule has 0 bridgehead atoms. The number of alkyl halides is 3. The summed E-state index contributed by atoms with van der Waals surface area (Å²) in [5.74, 6) is -0.332. The number of hydrogen-bond donors (Lipinski definition) is 2. The predicted octanol–water partition coefficient (Wildman–Crippen LogP) is 2.54. The van der Waals surface area contributed by atoms with Crippen LogP contribution in [0, 0.1) is 0 Å². The van der Waals surface area contributed by atoms with Gasteiger partial charge in [0.1, 0.15) is 5.75 Å². The van der Waals surface area contributed by atoms with Gasteiger partial charge in [0.2, 0.25) is 0 Å². The third-order valence-corrected chi connectivity index (χ3v) is 2.96. The van der Waals surface area contributed by atoms with Crippen LogP contribution in [-0.2, 0) is 0 Å². The van der Waals surface area contributed by atoms with E-state index in [4.69, 9.17) is 5.73 Å². The van der Waals surface area contributed by atoms with Gasteiger partial charge in [0.15, 0.2) is 0 Å². The van der Waals surface area contributed by atoms with E-state index in [0.29, 0.717) is 18.8 Å². The van der Waals surface area contributed by atoms with E-state index in [1.54, 1.807) is 4.90 Å². The lowest BCUT2D eigenvalue weighted by atomic mass is 10.3. The molecule has 0 atom stereocenters. The number of nitrogens with zero attached hydrogens (tertiary/aromatic N) is 1. The molecule has 3 N–H and O–H groups in total. The van der Waals surface area contributed by atoms with Crippen molar-refractivity contribution in [2.75, 3.05) is 18.4 Å². The molecule has 0 saturated heterocycles. The molecule has 1 fully saturated rings. The summed E-state index contributed by atoms with van der Waals surface area (Å²) >= 11 is 0. The van der Waals surface area contributed by atoms with Crippen LogP contribution >= 0.6 is 0 Å². The van der Waals surface area contributed by atoms with Crippen LogP contribution in [-0.4, -0.2) is 36.4 Å². The van der Waals surface area contributed by atoms with Gasteiger partial charge in [0.05, 0.1) is 0 Å². The molecule has 1 aromatic rings. The number of amides is 2. The lowest BCUT2D eigenvalue weighted by molar-refractivity contribution is -0.274. The van der Waals surface area contributed by atoms with Gasteiger partial charge in [0.25, 0.3) is 0 Å². The average Bonchev–Trinajstić information content (AvgIpc) is 3.20. The van der Waals surface area contributed by atoms with Gasteiger partial charge in [-0.25, -0.2) is 4.79 Å². The second-order valence-corrected chi connectivity index (χ2v) is 4.72. The van der Waals surface area contributed by atoms with Gasteiger partial charge in [-0.05, 0) is 37.1 Å². The van der Waals surface area contributed by atoms with Gasteiger partial charge in [0, 0.05) is 24.8 Å². The van der Waals surface area contributed by atoms with E-state index in [1.165, 1.54) is 12.1 Å². The molecule has 21 heavy (non-hydrogen) atoms. The number of anilines is 1. The van der Waals surface area contributed by atoms with Crippen molar-refractivity contribution in [1.29, 1.82) is 0 Å². The summed E-state index contributed by atoms with van der Waals surface area (Å²) in [6, 6.07) is 4.91. The van der Waals surface area contributed by atoms with Crippen molar-refractivity contribution in [2.45, 2.75) is 25.2 Å². The Morgan fingerprint density at radius 3 is 2.43 bits per heavy atom. The van der Waals surface area contributed by atoms with Crippen molar-refractivity contribution in [3.63, 3.8) is 0 Å². The summed E-state index contributed by atoms with van der Waals surface area (Å²) in [6.45, 7) is 0.814. The van der Waals surface area contributed by atoms with E-state index < -0.39 is 6.36 Å². The fourth-order valence-electron chi connectivity index (χ4n) is 1.91. The Kier molecular flexibility index (Phi) is 4.56. The first kappa shape index (κ1) is 15.4. The van der Waals surface area contributed by atoms with Crippen LogP contribution in [0.3, 0.4) is 0 Å². The van der Waals surface area contributed by atoms with Crippen molar-refractivity contribution in [3.05, 3.63) is 24.3 Å². The summed E-state index contributed by atoms with van der Waals surface area (Å²) in [5.41, 5.74) is 5.86. The molecular formula is C13H16F3N3O2. The number of halogens is 3. The summed E-state index contributed by atoms with van der Waals surface area (Å²) in [4.78, 5) is 13.7. The zero-order valence-corrected chi connectivity index (χ0v) is 11.2. The normalized spacial score (nSPS) is 14.7. The minimum Gasteiger partial charge on any atom is -0.406 e. The first-order valence-corrected chi connectivity index (χ1v) is 6.52. The van der Waals surface area contributed by atoms with Crippen LogP contribution in [0.5, 0.6) is 5.75 Å². The van der Waals surface area contributed by atoms with Crippen LogP contribution in [0.25, 0.3) is 0 Å². The molecule has 0 aromatic heterocycles. The van der Waals surface area contributed by atoms with E-state index in [-0.39, 0.29) is 17.8 Å². The van der Waals surface area contributed by atoms with Crippen molar-refractivity contribution in [1.82, 2.24) is 4.90 Å². The Hall–Kier alpha value is -1.96. The van der Waals surface area contributed by atoms with Crippen LogP contribution < -0.4 is 15.8 Å². The molecule has 0 spiro atoms. The molecule has 0 radical (unpaired) electrons. The highest BCUT2D eigenvalue weighted by Gasteiger charge is 2.32. The van der Waals surface area contributed by atoms with Crippen molar-refractivity contribution < 1.29 is 22.7 Å². The van der Waals surface area contributed by atoms with Gasteiger partial charge in [-0.2, -0.15) is 0 Å². The van der Waals surface area contributed by atoms with Crippen molar-refractivity contribution in [2.24, 2.45) is 5.73 Å². The molecule has 5 nitrogen and oxygen atoms in total. The average molecular weight is 303 g/mol. The van der Waals surface area contributed by atoms with Crippen LogP contribution in [0.15, 0.2) is 24.3 Å². The second kappa shape index (κ2) is 6.21. The molecule has 1 aromatic carbocycles. The number of nitrogens with one attached hydrogen (secondary N) is 1. The quantitative estimate of drug-likeness (QED) is 0.878. The maximum Gasteiger partial charge on any atom is 0.573 e. The highest BCUT2D eigenvalue weighted by atomic mass is 19.4. The largest absolute Gasteiger partial charge is 0.573 e. The Labute approximate surface area is 119 Å². The predicted molar refractivity (Wildman–Crippen MR) is 70.9 cm³/mol. The molecule has 1 saturated carbocycles. The monoisotopic (exact) mass is 303 g/mol. The van der Waals surface area contributed by atoms with Gasteiger partial charge < -0.3 is 20.7 Å².